The van der Waals surface area contributed by atoms with E-state index in [0.29, 0.717) is 13.0 Å². The molecule has 4 heteroatoms. The number of likely N-dealkylation sites (tertiary alicyclic amines) is 1. The van der Waals surface area contributed by atoms with E-state index in [1.54, 1.807) is 4.90 Å². The van der Waals surface area contributed by atoms with E-state index in [-0.39, 0.29) is 12.0 Å². The van der Waals surface area contributed by atoms with Crippen LogP contribution in [0.25, 0.3) is 0 Å². The summed E-state index contributed by atoms with van der Waals surface area (Å²) in [5.74, 6) is 0.199. The summed E-state index contributed by atoms with van der Waals surface area (Å²) in [4.78, 5) is 13.4. The maximum atomic E-state index is 11.6. The first-order chi connectivity index (χ1) is 6.74. The molecular weight excluding hydrogens is 246 g/mol. The fourth-order valence-electron chi connectivity index (χ4n) is 1.71. The molecule has 0 radical (unpaired) electrons. The summed E-state index contributed by atoms with van der Waals surface area (Å²) in [5.41, 5.74) is 0. The second-order valence-corrected chi connectivity index (χ2v) is 4.57. The van der Waals surface area contributed by atoms with Crippen LogP contribution >= 0.6 is 15.9 Å². The largest absolute Gasteiger partial charge is 0.391 e. The molecule has 1 amide bonds. The number of nitrogens with zero attached hydrogens (tertiary/aromatic N) is 1. The van der Waals surface area contributed by atoms with E-state index in [2.05, 4.69) is 15.9 Å². The summed E-state index contributed by atoms with van der Waals surface area (Å²) in [6.07, 6.45) is 4.08. The SMILES string of the molecule is O=C(CCCCBr)N1CCC[C@H](O)C1. The zero-order chi connectivity index (χ0) is 10.4. The van der Waals surface area contributed by atoms with Gasteiger partial charge in [-0.05, 0) is 25.7 Å². The molecule has 1 aliphatic rings. The molecule has 14 heavy (non-hydrogen) atoms. The van der Waals surface area contributed by atoms with E-state index in [0.717, 1.165) is 37.6 Å². The van der Waals surface area contributed by atoms with Gasteiger partial charge in [-0.15, -0.1) is 0 Å². The molecule has 1 fully saturated rings. The molecule has 0 aliphatic carbocycles. The van der Waals surface area contributed by atoms with Crippen molar-refractivity contribution in [3.8, 4) is 0 Å². The number of alkyl halides is 1. The second kappa shape index (κ2) is 6.40. The Labute approximate surface area is 93.6 Å². The van der Waals surface area contributed by atoms with Crippen LogP contribution in [0.1, 0.15) is 32.1 Å². The van der Waals surface area contributed by atoms with Gasteiger partial charge in [0.2, 0.25) is 5.91 Å². The second-order valence-electron chi connectivity index (χ2n) is 3.78. The van der Waals surface area contributed by atoms with Crippen LogP contribution < -0.4 is 0 Å². The molecule has 1 aliphatic heterocycles. The number of β-amino-alcohol motifs (C(OH)–C–C–N with tert-alkyl or cyclic N) is 1. The van der Waals surface area contributed by atoms with Gasteiger partial charge in [-0.1, -0.05) is 15.9 Å². The Morgan fingerprint density at radius 1 is 1.50 bits per heavy atom. The van der Waals surface area contributed by atoms with Crippen LogP contribution in [-0.2, 0) is 4.79 Å². The highest BCUT2D eigenvalue weighted by Gasteiger charge is 2.21. The summed E-state index contributed by atoms with van der Waals surface area (Å²) < 4.78 is 0. The van der Waals surface area contributed by atoms with Crippen molar-refractivity contribution in [3.63, 3.8) is 0 Å². The Bertz CT molecular complexity index is 187. The smallest absolute Gasteiger partial charge is 0.222 e. The minimum absolute atomic E-state index is 0.199. The predicted molar refractivity (Wildman–Crippen MR) is 59.5 cm³/mol. The van der Waals surface area contributed by atoms with Crippen LogP contribution in [0.15, 0.2) is 0 Å². The van der Waals surface area contributed by atoms with E-state index in [4.69, 9.17) is 0 Å². The number of amides is 1. The maximum Gasteiger partial charge on any atom is 0.222 e. The van der Waals surface area contributed by atoms with Gasteiger partial charge in [0.25, 0.3) is 0 Å². The average Bonchev–Trinajstić information content (AvgIpc) is 2.18. The quantitative estimate of drug-likeness (QED) is 0.618. The van der Waals surface area contributed by atoms with Gasteiger partial charge in [-0.3, -0.25) is 4.79 Å². The minimum atomic E-state index is -0.302. The molecule has 82 valence electrons. The number of hydrogen-bond acceptors (Lipinski definition) is 2. The normalized spacial score (nSPS) is 22.4. The Morgan fingerprint density at radius 2 is 2.29 bits per heavy atom. The van der Waals surface area contributed by atoms with Gasteiger partial charge >= 0.3 is 0 Å². The Hall–Kier alpha value is -0.0900. The lowest BCUT2D eigenvalue weighted by molar-refractivity contribution is -0.134. The van der Waals surface area contributed by atoms with Crippen molar-refractivity contribution in [2.45, 2.75) is 38.2 Å². The fraction of sp³-hybridized carbons (Fsp3) is 0.900. The van der Waals surface area contributed by atoms with E-state index in [9.17, 15) is 9.90 Å². The van der Waals surface area contributed by atoms with Gasteiger partial charge in [0, 0.05) is 24.8 Å². The molecule has 1 N–H and O–H groups in total. The van der Waals surface area contributed by atoms with Crippen LogP contribution in [0.2, 0.25) is 0 Å². The van der Waals surface area contributed by atoms with Gasteiger partial charge in [-0.2, -0.15) is 0 Å². The van der Waals surface area contributed by atoms with Crippen molar-refractivity contribution < 1.29 is 9.90 Å². The number of hydrogen-bond donors (Lipinski definition) is 1. The van der Waals surface area contributed by atoms with Crippen molar-refractivity contribution in [2.24, 2.45) is 0 Å². The van der Waals surface area contributed by atoms with Gasteiger partial charge < -0.3 is 10.0 Å². The van der Waals surface area contributed by atoms with Gasteiger partial charge in [-0.25, -0.2) is 0 Å². The monoisotopic (exact) mass is 263 g/mol. The standard InChI is InChI=1S/C10H18BrNO2/c11-6-2-1-5-10(14)12-7-3-4-9(13)8-12/h9,13H,1-8H2/t9-/m0/s1. The van der Waals surface area contributed by atoms with Gasteiger partial charge in [0.15, 0.2) is 0 Å². The van der Waals surface area contributed by atoms with Crippen molar-refractivity contribution in [1.29, 1.82) is 0 Å². The zero-order valence-corrected chi connectivity index (χ0v) is 10.0. The average molecular weight is 264 g/mol. The zero-order valence-electron chi connectivity index (χ0n) is 8.41. The summed E-state index contributed by atoms with van der Waals surface area (Å²) in [6.45, 7) is 1.36. The summed E-state index contributed by atoms with van der Waals surface area (Å²) in [6, 6.07) is 0. The van der Waals surface area contributed by atoms with E-state index in [1.807, 2.05) is 0 Å². The molecule has 1 heterocycles. The van der Waals surface area contributed by atoms with Gasteiger partial charge in [0.1, 0.15) is 0 Å². The number of piperidine rings is 1. The fourth-order valence-corrected chi connectivity index (χ4v) is 2.11. The third-order valence-corrected chi connectivity index (χ3v) is 3.08. The lowest BCUT2D eigenvalue weighted by atomic mass is 10.1. The molecule has 1 atom stereocenters. The van der Waals surface area contributed by atoms with Crippen molar-refractivity contribution in [3.05, 3.63) is 0 Å². The number of carbonyl (C=O) groups is 1. The first kappa shape index (κ1) is 12.0. The molecule has 3 nitrogen and oxygen atoms in total. The van der Waals surface area contributed by atoms with E-state index in [1.165, 1.54) is 0 Å². The third kappa shape index (κ3) is 3.96. The van der Waals surface area contributed by atoms with Crippen LogP contribution in [0, 0.1) is 0 Å². The van der Waals surface area contributed by atoms with Crippen LogP contribution in [0.5, 0.6) is 0 Å². The predicted octanol–water partition coefficient (Wildman–Crippen LogP) is 1.53. The molecule has 0 spiro atoms. The lowest BCUT2D eigenvalue weighted by Gasteiger charge is -2.30. The van der Waals surface area contributed by atoms with Crippen molar-refractivity contribution in [2.75, 3.05) is 18.4 Å². The Morgan fingerprint density at radius 3 is 2.93 bits per heavy atom. The van der Waals surface area contributed by atoms with Crippen LogP contribution in [-0.4, -0.2) is 40.4 Å². The summed E-state index contributed by atoms with van der Waals surface area (Å²) >= 11 is 3.34. The van der Waals surface area contributed by atoms with Gasteiger partial charge in [0.05, 0.1) is 6.10 Å². The first-order valence-corrected chi connectivity index (χ1v) is 6.38. The number of halogens is 1. The highest BCUT2D eigenvalue weighted by atomic mass is 79.9. The topological polar surface area (TPSA) is 40.5 Å². The third-order valence-electron chi connectivity index (χ3n) is 2.52. The van der Waals surface area contributed by atoms with Crippen LogP contribution in [0.4, 0.5) is 0 Å². The highest BCUT2D eigenvalue weighted by Crippen LogP contribution is 2.12. The molecule has 0 aromatic heterocycles. The lowest BCUT2D eigenvalue weighted by Crippen LogP contribution is -2.42. The number of aliphatic hydroxyl groups is 1. The summed E-state index contributed by atoms with van der Waals surface area (Å²) in [7, 11) is 0. The molecule has 0 bridgehead atoms. The molecule has 0 saturated carbocycles. The highest BCUT2D eigenvalue weighted by molar-refractivity contribution is 9.09. The van der Waals surface area contributed by atoms with Crippen molar-refractivity contribution >= 4 is 21.8 Å². The van der Waals surface area contributed by atoms with Crippen molar-refractivity contribution in [1.82, 2.24) is 4.90 Å². The first-order valence-electron chi connectivity index (χ1n) is 5.26. The molecular formula is C10H18BrNO2. The Balaban J connectivity index is 2.22. The molecule has 0 unspecified atom stereocenters. The molecule has 0 aromatic rings. The number of carbonyl (C=O) groups excluding carboxylic acids is 1. The minimum Gasteiger partial charge on any atom is -0.391 e. The summed E-state index contributed by atoms with van der Waals surface area (Å²) in [5, 5.41) is 10.4. The number of unbranched alkanes of at least 4 members (excludes halogenated alkanes) is 1. The molecule has 0 aromatic carbocycles. The van der Waals surface area contributed by atoms with Crippen LogP contribution in [0.3, 0.4) is 0 Å². The Kier molecular flexibility index (Phi) is 5.48. The molecule has 1 saturated heterocycles. The van der Waals surface area contributed by atoms with E-state index >= 15 is 0 Å². The molecule has 1 rings (SSSR count). The number of rotatable bonds is 4. The maximum absolute atomic E-state index is 11.6. The van der Waals surface area contributed by atoms with E-state index < -0.39 is 0 Å². The number of aliphatic hydroxyl groups excluding tert-OH is 1.